The van der Waals surface area contributed by atoms with Gasteiger partial charge in [0.15, 0.2) is 5.69 Å². The molecule has 0 atom stereocenters. The van der Waals surface area contributed by atoms with Crippen LogP contribution >= 0.6 is 11.3 Å². The van der Waals surface area contributed by atoms with E-state index in [0.29, 0.717) is 17.3 Å². The molecule has 150 valence electrons. The molecule has 0 saturated carbocycles. The highest BCUT2D eigenvalue weighted by atomic mass is 32.1. The Bertz CT molecular complexity index is 1180. The van der Waals surface area contributed by atoms with Crippen LogP contribution in [-0.2, 0) is 13.0 Å². The summed E-state index contributed by atoms with van der Waals surface area (Å²) in [7, 11) is 0. The number of benzene rings is 2. The number of nitrogens with zero attached hydrogens (tertiary/aromatic N) is 2. The van der Waals surface area contributed by atoms with Gasteiger partial charge in [-0.15, -0.1) is 11.3 Å². The number of aromatic nitrogens is 1. The Morgan fingerprint density at radius 2 is 1.90 bits per heavy atom. The monoisotopic (exact) mass is 415 g/mol. The molecule has 5 nitrogen and oxygen atoms in total. The van der Waals surface area contributed by atoms with Gasteiger partial charge in [0.2, 0.25) is 5.89 Å². The van der Waals surface area contributed by atoms with Crippen molar-refractivity contribution in [3.63, 3.8) is 0 Å². The molecule has 0 unspecified atom stereocenters. The van der Waals surface area contributed by atoms with Crippen molar-refractivity contribution in [2.24, 2.45) is 0 Å². The van der Waals surface area contributed by atoms with Crippen LogP contribution < -0.4 is 10.2 Å². The van der Waals surface area contributed by atoms with Crippen LogP contribution in [0, 0.1) is 6.92 Å². The molecule has 1 N–H and O–H groups in total. The summed E-state index contributed by atoms with van der Waals surface area (Å²) in [4.78, 5) is 21.0. The molecule has 0 bridgehead atoms. The normalized spacial score (nSPS) is 13.2. The SMILES string of the molecule is Cc1oc(-c2ccccc2)nc1C(=O)Nc1ccc(N2CCc3sccc3C2)cc1. The number of fused-ring (bicyclic) bond motifs is 1. The molecule has 0 radical (unpaired) electrons. The highest BCUT2D eigenvalue weighted by Gasteiger charge is 2.19. The number of hydrogen-bond acceptors (Lipinski definition) is 5. The van der Waals surface area contributed by atoms with Crippen molar-refractivity contribution in [3.8, 4) is 11.5 Å². The van der Waals surface area contributed by atoms with E-state index < -0.39 is 0 Å². The largest absolute Gasteiger partial charge is 0.441 e. The third-order valence-electron chi connectivity index (χ3n) is 5.33. The summed E-state index contributed by atoms with van der Waals surface area (Å²) in [6.45, 7) is 3.71. The van der Waals surface area contributed by atoms with E-state index in [-0.39, 0.29) is 5.91 Å². The fourth-order valence-corrected chi connectivity index (χ4v) is 4.62. The molecule has 4 aromatic rings. The molecular formula is C24H21N3O2S. The molecule has 3 heterocycles. The van der Waals surface area contributed by atoms with E-state index in [1.54, 1.807) is 6.92 Å². The van der Waals surface area contributed by atoms with Crippen LogP contribution in [0.3, 0.4) is 0 Å². The smallest absolute Gasteiger partial charge is 0.277 e. The topological polar surface area (TPSA) is 58.4 Å². The van der Waals surface area contributed by atoms with Crippen LogP contribution in [-0.4, -0.2) is 17.4 Å². The number of nitrogens with one attached hydrogen (secondary N) is 1. The zero-order chi connectivity index (χ0) is 20.5. The highest BCUT2D eigenvalue weighted by Crippen LogP contribution is 2.29. The van der Waals surface area contributed by atoms with Crippen LogP contribution in [0.2, 0.25) is 0 Å². The predicted octanol–water partition coefficient (Wildman–Crippen LogP) is 5.53. The van der Waals surface area contributed by atoms with Crippen molar-refractivity contribution < 1.29 is 9.21 Å². The van der Waals surface area contributed by atoms with Gasteiger partial charge in [0, 0.05) is 34.9 Å². The Labute approximate surface area is 179 Å². The predicted molar refractivity (Wildman–Crippen MR) is 120 cm³/mol. The molecule has 0 saturated heterocycles. The van der Waals surface area contributed by atoms with Gasteiger partial charge in [-0.25, -0.2) is 4.98 Å². The second-order valence-electron chi connectivity index (χ2n) is 7.33. The van der Waals surface area contributed by atoms with Gasteiger partial charge in [-0.05, 0) is 66.8 Å². The van der Waals surface area contributed by atoms with Crippen molar-refractivity contribution in [1.29, 1.82) is 0 Å². The summed E-state index contributed by atoms with van der Waals surface area (Å²) in [5.41, 5.74) is 4.46. The molecule has 2 aromatic heterocycles. The van der Waals surface area contributed by atoms with Crippen molar-refractivity contribution in [2.75, 3.05) is 16.8 Å². The Balaban J connectivity index is 1.29. The maximum atomic E-state index is 12.7. The van der Waals surface area contributed by atoms with Gasteiger partial charge in [0.1, 0.15) is 5.76 Å². The number of thiophene rings is 1. The van der Waals surface area contributed by atoms with Crippen LogP contribution in [0.1, 0.15) is 26.7 Å². The molecule has 1 aliphatic rings. The van der Waals surface area contributed by atoms with Crippen LogP contribution in [0.5, 0.6) is 0 Å². The summed E-state index contributed by atoms with van der Waals surface area (Å²) in [6, 6.07) is 19.8. The molecule has 0 aliphatic carbocycles. The Morgan fingerprint density at radius 3 is 2.70 bits per heavy atom. The number of anilines is 2. The Kier molecular flexibility index (Phi) is 4.85. The molecule has 0 fully saturated rings. The lowest BCUT2D eigenvalue weighted by Gasteiger charge is -2.29. The van der Waals surface area contributed by atoms with E-state index in [9.17, 15) is 4.79 Å². The van der Waals surface area contributed by atoms with Gasteiger partial charge in [0.05, 0.1) is 0 Å². The van der Waals surface area contributed by atoms with E-state index in [2.05, 4.69) is 38.8 Å². The van der Waals surface area contributed by atoms with Crippen LogP contribution in [0.15, 0.2) is 70.5 Å². The maximum absolute atomic E-state index is 12.7. The van der Waals surface area contributed by atoms with Gasteiger partial charge in [-0.3, -0.25) is 4.79 Å². The molecular weight excluding hydrogens is 394 g/mol. The van der Waals surface area contributed by atoms with Crippen LogP contribution in [0.25, 0.3) is 11.5 Å². The highest BCUT2D eigenvalue weighted by molar-refractivity contribution is 7.10. The summed E-state index contributed by atoms with van der Waals surface area (Å²) in [6.07, 6.45) is 1.08. The number of oxazole rings is 1. The lowest BCUT2D eigenvalue weighted by molar-refractivity contribution is 0.102. The molecule has 1 aliphatic heterocycles. The van der Waals surface area contributed by atoms with E-state index in [1.165, 1.54) is 10.4 Å². The number of hydrogen-bond donors (Lipinski definition) is 1. The standard InChI is InChI=1S/C24H21N3O2S/c1-16-22(26-24(29-16)17-5-3-2-4-6-17)23(28)25-19-7-9-20(10-8-19)27-13-11-21-18(15-27)12-14-30-21/h2-10,12,14H,11,13,15H2,1H3,(H,25,28). The average Bonchev–Trinajstić information content (AvgIpc) is 3.41. The first-order valence-corrected chi connectivity index (χ1v) is 10.8. The fourth-order valence-electron chi connectivity index (χ4n) is 3.73. The molecule has 6 heteroatoms. The van der Waals surface area contributed by atoms with Crippen molar-refractivity contribution in [3.05, 3.63) is 87.9 Å². The number of carbonyl (C=O) groups excluding carboxylic acids is 1. The zero-order valence-corrected chi connectivity index (χ0v) is 17.4. The number of amides is 1. The Hall–Kier alpha value is -3.38. The van der Waals surface area contributed by atoms with E-state index in [0.717, 1.165) is 36.4 Å². The molecule has 2 aromatic carbocycles. The van der Waals surface area contributed by atoms with Crippen molar-refractivity contribution in [2.45, 2.75) is 19.9 Å². The minimum absolute atomic E-state index is 0.271. The second-order valence-corrected chi connectivity index (χ2v) is 8.33. The second kappa shape index (κ2) is 7.80. The lowest BCUT2D eigenvalue weighted by atomic mass is 10.1. The van der Waals surface area contributed by atoms with Crippen molar-refractivity contribution >= 4 is 28.6 Å². The Morgan fingerprint density at radius 1 is 1.10 bits per heavy atom. The van der Waals surface area contributed by atoms with Gasteiger partial charge in [0.25, 0.3) is 5.91 Å². The first kappa shape index (κ1) is 18.6. The maximum Gasteiger partial charge on any atom is 0.277 e. The van der Waals surface area contributed by atoms with E-state index >= 15 is 0 Å². The van der Waals surface area contributed by atoms with Gasteiger partial charge in [-0.2, -0.15) is 0 Å². The summed E-state index contributed by atoms with van der Waals surface area (Å²) >= 11 is 1.84. The minimum atomic E-state index is -0.271. The summed E-state index contributed by atoms with van der Waals surface area (Å²) in [5.74, 6) is 0.682. The average molecular weight is 416 g/mol. The summed E-state index contributed by atoms with van der Waals surface area (Å²) in [5, 5.41) is 5.10. The van der Waals surface area contributed by atoms with Gasteiger partial charge in [-0.1, -0.05) is 18.2 Å². The van der Waals surface area contributed by atoms with Gasteiger partial charge < -0.3 is 14.6 Å². The van der Waals surface area contributed by atoms with Gasteiger partial charge >= 0.3 is 0 Å². The third-order valence-corrected chi connectivity index (χ3v) is 6.35. The summed E-state index contributed by atoms with van der Waals surface area (Å²) < 4.78 is 5.70. The number of aryl methyl sites for hydroxylation is 1. The molecule has 30 heavy (non-hydrogen) atoms. The lowest BCUT2D eigenvalue weighted by Crippen LogP contribution is -2.29. The zero-order valence-electron chi connectivity index (χ0n) is 16.6. The molecule has 5 rings (SSSR count). The first-order valence-electron chi connectivity index (χ1n) is 9.92. The third kappa shape index (κ3) is 3.62. The fraction of sp³-hybridized carbons (Fsp3) is 0.167. The number of carbonyl (C=O) groups is 1. The molecule has 1 amide bonds. The van der Waals surface area contributed by atoms with Crippen LogP contribution in [0.4, 0.5) is 11.4 Å². The molecule has 0 spiro atoms. The van der Waals surface area contributed by atoms with E-state index in [1.807, 2.05) is 53.8 Å². The number of rotatable bonds is 4. The quantitative estimate of drug-likeness (QED) is 0.476. The van der Waals surface area contributed by atoms with Crippen molar-refractivity contribution in [1.82, 2.24) is 4.98 Å². The minimum Gasteiger partial charge on any atom is -0.441 e. The first-order chi connectivity index (χ1) is 14.7. The van der Waals surface area contributed by atoms with E-state index in [4.69, 9.17) is 4.42 Å².